The minimum atomic E-state index is -0.555. The van der Waals surface area contributed by atoms with Gasteiger partial charge in [0, 0.05) is 26.6 Å². The lowest BCUT2D eigenvalue weighted by atomic mass is 10.3. The number of carbonyl (C=O) groups is 1. The number of nitro groups is 1. The Morgan fingerprint density at radius 2 is 2.25 bits per heavy atom. The smallest absolute Gasteiger partial charge is 0.276 e. The Hall–Kier alpha value is -2.42. The lowest BCUT2D eigenvalue weighted by Gasteiger charge is -2.07. The van der Waals surface area contributed by atoms with Crippen molar-refractivity contribution in [3.05, 3.63) is 22.2 Å². The summed E-state index contributed by atoms with van der Waals surface area (Å²) in [5, 5.41) is 16.1. The molecule has 4 N–H and O–H groups in total. The Morgan fingerprint density at radius 1 is 1.50 bits per heavy atom. The van der Waals surface area contributed by atoms with Gasteiger partial charge in [-0.05, 0) is 0 Å². The van der Waals surface area contributed by atoms with Crippen LogP contribution >= 0.6 is 0 Å². The number of pyridine rings is 1. The van der Waals surface area contributed by atoms with Crippen molar-refractivity contribution in [2.24, 2.45) is 0 Å². The van der Waals surface area contributed by atoms with E-state index in [9.17, 15) is 14.9 Å². The molecule has 0 bridgehead atoms. The zero-order valence-electron chi connectivity index (χ0n) is 11.1. The molecule has 1 amide bonds. The fraction of sp³-hybridized carbons (Fsp3) is 0.455. The van der Waals surface area contributed by atoms with E-state index in [-0.39, 0.29) is 29.7 Å². The van der Waals surface area contributed by atoms with Crippen LogP contribution in [0.25, 0.3) is 0 Å². The second-order valence-corrected chi connectivity index (χ2v) is 3.91. The molecule has 0 saturated heterocycles. The Bertz CT molecular complexity index is 480. The molecule has 0 aromatic carbocycles. The summed E-state index contributed by atoms with van der Waals surface area (Å²) in [5.41, 5.74) is 5.31. The van der Waals surface area contributed by atoms with Crippen LogP contribution in [0, 0.1) is 10.1 Å². The highest BCUT2D eigenvalue weighted by Crippen LogP contribution is 2.18. The molecule has 0 unspecified atom stereocenters. The fourth-order valence-corrected chi connectivity index (χ4v) is 1.42. The van der Waals surface area contributed by atoms with E-state index in [0.717, 1.165) is 0 Å². The van der Waals surface area contributed by atoms with Crippen molar-refractivity contribution in [2.75, 3.05) is 37.9 Å². The lowest BCUT2D eigenvalue weighted by Crippen LogP contribution is -2.28. The number of hydrogen-bond acceptors (Lipinski definition) is 7. The number of anilines is 2. The van der Waals surface area contributed by atoms with Crippen LogP contribution < -0.4 is 16.4 Å². The number of aromatic nitrogens is 1. The fourth-order valence-electron chi connectivity index (χ4n) is 1.42. The zero-order valence-corrected chi connectivity index (χ0v) is 11.1. The maximum atomic E-state index is 11.4. The summed E-state index contributed by atoms with van der Waals surface area (Å²) in [7, 11) is 1.55. The summed E-state index contributed by atoms with van der Waals surface area (Å²) < 4.78 is 4.80. The van der Waals surface area contributed by atoms with E-state index in [4.69, 9.17) is 10.5 Å². The average molecular weight is 283 g/mol. The average Bonchev–Trinajstić information content (AvgIpc) is 2.38. The number of methoxy groups -OCH3 is 1. The highest BCUT2D eigenvalue weighted by Gasteiger charge is 2.09. The normalized spacial score (nSPS) is 10.1. The number of nitrogen functional groups attached to an aromatic ring is 1. The molecule has 20 heavy (non-hydrogen) atoms. The van der Waals surface area contributed by atoms with Crippen LogP contribution in [0.4, 0.5) is 17.3 Å². The largest absolute Gasteiger partial charge is 0.383 e. The SMILES string of the molecule is COCCNC(=O)CCNc1cc([N+](=O)[O-])cc(N)n1. The summed E-state index contributed by atoms with van der Waals surface area (Å²) >= 11 is 0. The van der Waals surface area contributed by atoms with Crippen molar-refractivity contribution in [1.29, 1.82) is 0 Å². The van der Waals surface area contributed by atoms with Gasteiger partial charge in [0.15, 0.2) is 0 Å². The van der Waals surface area contributed by atoms with E-state index in [1.54, 1.807) is 7.11 Å². The van der Waals surface area contributed by atoms with Gasteiger partial charge in [-0.15, -0.1) is 0 Å². The first kappa shape index (κ1) is 15.6. The number of carbonyl (C=O) groups excluding carboxylic acids is 1. The molecule has 110 valence electrons. The number of amides is 1. The summed E-state index contributed by atoms with van der Waals surface area (Å²) in [5.74, 6) is 0.167. The summed E-state index contributed by atoms with van der Waals surface area (Å²) in [6.07, 6.45) is 0.216. The molecule has 0 aliphatic rings. The topological polar surface area (TPSA) is 132 Å². The molecule has 0 atom stereocenters. The number of nitrogens with two attached hydrogens (primary N) is 1. The molecule has 1 aromatic heterocycles. The molecular formula is C11H17N5O4. The number of hydrogen-bond donors (Lipinski definition) is 3. The first-order chi connectivity index (χ1) is 9.52. The highest BCUT2D eigenvalue weighted by molar-refractivity contribution is 5.76. The molecule has 1 aromatic rings. The minimum absolute atomic E-state index is 0.0475. The van der Waals surface area contributed by atoms with Crippen molar-refractivity contribution in [1.82, 2.24) is 10.3 Å². The van der Waals surface area contributed by atoms with Gasteiger partial charge in [-0.25, -0.2) is 4.98 Å². The van der Waals surface area contributed by atoms with E-state index in [0.29, 0.717) is 19.7 Å². The predicted molar refractivity (Wildman–Crippen MR) is 73.3 cm³/mol. The molecule has 1 rings (SSSR count). The standard InChI is InChI=1S/C11H17N5O4/c1-20-5-4-14-11(17)2-3-13-10-7-8(16(18)19)6-9(12)15-10/h6-7H,2-5H2,1H3,(H,14,17)(H3,12,13,15). The third kappa shape index (κ3) is 5.48. The molecule has 0 aliphatic carbocycles. The Morgan fingerprint density at radius 3 is 2.90 bits per heavy atom. The molecule has 9 heteroatoms. The number of ether oxygens (including phenoxy) is 1. The molecule has 9 nitrogen and oxygen atoms in total. The van der Waals surface area contributed by atoms with Gasteiger partial charge in [0.1, 0.15) is 11.6 Å². The molecule has 0 fully saturated rings. The van der Waals surface area contributed by atoms with Gasteiger partial charge in [-0.2, -0.15) is 0 Å². The van der Waals surface area contributed by atoms with Crippen LogP contribution in [0.5, 0.6) is 0 Å². The Balaban J connectivity index is 2.42. The van der Waals surface area contributed by atoms with E-state index >= 15 is 0 Å². The molecule has 0 spiro atoms. The van der Waals surface area contributed by atoms with Gasteiger partial charge >= 0.3 is 0 Å². The summed E-state index contributed by atoms with van der Waals surface area (Å²) in [4.78, 5) is 25.4. The second kappa shape index (κ2) is 7.89. The third-order valence-electron chi connectivity index (χ3n) is 2.33. The molecular weight excluding hydrogens is 266 g/mol. The zero-order chi connectivity index (χ0) is 15.0. The van der Waals surface area contributed by atoms with Crippen LogP contribution in [0.15, 0.2) is 12.1 Å². The molecule has 0 aliphatic heterocycles. The van der Waals surface area contributed by atoms with Gasteiger partial charge in [0.25, 0.3) is 5.69 Å². The van der Waals surface area contributed by atoms with E-state index in [1.807, 2.05) is 0 Å². The first-order valence-electron chi connectivity index (χ1n) is 5.94. The molecule has 0 radical (unpaired) electrons. The predicted octanol–water partition coefficient (Wildman–Crippen LogP) is 0.137. The van der Waals surface area contributed by atoms with Gasteiger partial charge in [-0.3, -0.25) is 14.9 Å². The first-order valence-corrected chi connectivity index (χ1v) is 5.94. The number of rotatable bonds is 8. The van der Waals surface area contributed by atoms with Crippen molar-refractivity contribution in [3.63, 3.8) is 0 Å². The molecule has 1 heterocycles. The molecule has 0 saturated carbocycles. The minimum Gasteiger partial charge on any atom is -0.383 e. The van der Waals surface area contributed by atoms with E-state index in [2.05, 4.69) is 15.6 Å². The van der Waals surface area contributed by atoms with Crippen LogP contribution in [0.2, 0.25) is 0 Å². The summed E-state index contributed by atoms with van der Waals surface area (Å²) in [6.45, 7) is 1.19. The van der Waals surface area contributed by atoms with Crippen LogP contribution in [0.3, 0.4) is 0 Å². The van der Waals surface area contributed by atoms with Gasteiger partial charge in [0.05, 0.1) is 23.7 Å². The summed E-state index contributed by atoms with van der Waals surface area (Å²) in [6, 6.07) is 2.43. The number of nitrogens with one attached hydrogen (secondary N) is 2. The monoisotopic (exact) mass is 283 g/mol. The maximum Gasteiger partial charge on any atom is 0.276 e. The van der Waals surface area contributed by atoms with Crippen LogP contribution in [-0.2, 0) is 9.53 Å². The van der Waals surface area contributed by atoms with E-state index < -0.39 is 4.92 Å². The highest BCUT2D eigenvalue weighted by atomic mass is 16.6. The Labute approximate surface area is 115 Å². The maximum absolute atomic E-state index is 11.4. The van der Waals surface area contributed by atoms with Gasteiger partial charge in [-0.1, -0.05) is 0 Å². The van der Waals surface area contributed by atoms with Crippen molar-refractivity contribution >= 4 is 23.2 Å². The second-order valence-electron chi connectivity index (χ2n) is 3.91. The van der Waals surface area contributed by atoms with E-state index in [1.165, 1.54) is 12.1 Å². The van der Waals surface area contributed by atoms with Crippen molar-refractivity contribution in [2.45, 2.75) is 6.42 Å². The Kier molecular flexibility index (Phi) is 6.17. The number of nitrogens with zero attached hydrogens (tertiary/aromatic N) is 2. The van der Waals surface area contributed by atoms with Crippen molar-refractivity contribution < 1.29 is 14.5 Å². The lowest BCUT2D eigenvalue weighted by molar-refractivity contribution is -0.384. The quantitative estimate of drug-likeness (QED) is 0.351. The third-order valence-corrected chi connectivity index (χ3v) is 2.33. The van der Waals surface area contributed by atoms with Gasteiger partial charge in [0.2, 0.25) is 5.91 Å². The van der Waals surface area contributed by atoms with Crippen LogP contribution in [0.1, 0.15) is 6.42 Å². The van der Waals surface area contributed by atoms with Crippen molar-refractivity contribution in [3.8, 4) is 0 Å². The van der Waals surface area contributed by atoms with Crippen LogP contribution in [-0.4, -0.2) is 42.6 Å². The van der Waals surface area contributed by atoms with Gasteiger partial charge < -0.3 is 21.1 Å².